The van der Waals surface area contributed by atoms with E-state index in [1.54, 1.807) is 55.6 Å². The highest BCUT2D eigenvalue weighted by atomic mass is 32.2. The summed E-state index contributed by atoms with van der Waals surface area (Å²) >= 11 is 0. The molecule has 2 aromatic carbocycles. The van der Waals surface area contributed by atoms with Crippen molar-refractivity contribution in [3.05, 3.63) is 54.1 Å². The van der Waals surface area contributed by atoms with Gasteiger partial charge in [-0.1, -0.05) is 18.2 Å². The van der Waals surface area contributed by atoms with Crippen LogP contribution >= 0.6 is 0 Å². The lowest BCUT2D eigenvalue weighted by molar-refractivity contribution is 0.00578. The fraction of sp³-hybridized carbons (Fsp3) is 0.350. The maximum absolute atomic E-state index is 12.8. The van der Waals surface area contributed by atoms with Crippen molar-refractivity contribution in [2.75, 3.05) is 20.2 Å². The van der Waals surface area contributed by atoms with E-state index in [4.69, 9.17) is 9.47 Å². The number of piperidine rings is 1. The lowest BCUT2D eigenvalue weighted by Crippen LogP contribution is -2.52. The molecule has 27 heavy (non-hydrogen) atoms. The van der Waals surface area contributed by atoms with Crippen molar-refractivity contribution in [3.8, 4) is 11.5 Å². The third-order valence-electron chi connectivity index (χ3n) is 5.31. The van der Waals surface area contributed by atoms with Crippen LogP contribution in [0, 0.1) is 0 Å². The Kier molecular flexibility index (Phi) is 4.44. The summed E-state index contributed by atoms with van der Waals surface area (Å²) in [6.07, 6.45) is 1.22. The fourth-order valence-electron chi connectivity index (χ4n) is 3.76. The molecule has 2 heterocycles. The fourth-order valence-corrected chi connectivity index (χ4v) is 5.22. The quantitative estimate of drug-likeness (QED) is 0.810. The summed E-state index contributed by atoms with van der Waals surface area (Å²) in [5.74, 6) is 1.17. The van der Waals surface area contributed by atoms with Crippen molar-refractivity contribution in [1.82, 2.24) is 4.31 Å². The monoisotopic (exact) mass is 387 g/mol. The van der Waals surface area contributed by atoms with Crippen LogP contribution in [-0.4, -0.2) is 44.3 Å². The Bertz CT molecular complexity index is 963. The second-order valence-electron chi connectivity index (χ2n) is 6.96. The smallest absolute Gasteiger partial charge is 0.243 e. The predicted octanol–water partition coefficient (Wildman–Crippen LogP) is 2.88. The van der Waals surface area contributed by atoms with Crippen LogP contribution < -0.4 is 9.47 Å². The molecule has 2 aliphatic heterocycles. The van der Waals surface area contributed by atoms with Gasteiger partial charge in [0.1, 0.15) is 17.1 Å². The average molecular weight is 387 g/mol. The Labute approximate surface area is 158 Å². The molecule has 0 aliphatic carbocycles. The number of methoxy groups -OCH3 is 1. The number of hydrogen-bond acceptors (Lipinski definition) is 5. The number of ether oxygens (including phenoxy) is 2. The van der Waals surface area contributed by atoms with E-state index in [-0.39, 0.29) is 17.1 Å². The molecule has 142 valence electrons. The molecule has 7 heteroatoms. The van der Waals surface area contributed by atoms with Crippen LogP contribution in [0.25, 0.3) is 0 Å². The van der Waals surface area contributed by atoms with Crippen molar-refractivity contribution in [2.24, 2.45) is 0 Å². The van der Waals surface area contributed by atoms with Crippen LogP contribution in [0.4, 0.5) is 0 Å². The average Bonchev–Trinajstić information content (AvgIpc) is 2.68. The SMILES string of the molecule is COc1ccc2c(c1)OC1(CCN(S(=O)(=O)c3ccccc3)CC1)CC2=O. The Morgan fingerprint density at radius 1 is 1.07 bits per heavy atom. The van der Waals surface area contributed by atoms with Gasteiger partial charge in [-0.3, -0.25) is 4.79 Å². The van der Waals surface area contributed by atoms with E-state index in [1.807, 2.05) is 0 Å². The number of carbonyl (C=O) groups excluding carboxylic acids is 1. The van der Waals surface area contributed by atoms with Gasteiger partial charge in [0.25, 0.3) is 0 Å². The van der Waals surface area contributed by atoms with Crippen molar-refractivity contribution in [2.45, 2.75) is 29.8 Å². The third-order valence-corrected chi connectivity index (χ3v) is 7.23. The van der Waals surface area contributed by atoms with Gasteiger partial charge in [0.15, 0.2) is 5.78 Å². The largest absolute Gasteiger partial charge is 0.497 e. The van der Waals surface area contributed by atoms with E-state index in [1.165, 1.54) is 4.31 Å². The molecule has 0 unspecified atom stereocenters. The second kappa shape index (κ2) is 6.65. The second-order valence-corrected chi connectivity index (χ2v) is 8.90. The lowest BCUT2D eigenvalue weighted by atomic mass is 9.83. The zero-order valence-electron chi connectivity index (χ0n) is 15.1. The van der Waals surface area contributed by atoms with Gasteiger partial charge in [-0.2, -0.15) is 4.31 Å². The van der Waals surface area contributed by atoms with E-state index in [2.05, 4.69) is 0 Å². The van der Waals surface area contributed by atoms with Gasteiger partial charge < -0.3 is 9.47 Å². The highest BCUT2D eigenvalue weighted by Crippen LogP contribution is 2.41. The number of hydrogen-bond donors (Lipinski definition) is 0. The molecular formula is C20H21NO5S. The molecule has 0 atom stereocenters. The topological polar surface area (TPSA) is 72.9 Å². The first kappa shape index (κ1) is 18.0. The van der Waals surface area contributed by atoms with E-state index in [9.17, 15) is 13.2 Å². The van der Waals surface area contributed by atoms with Crippen molar-refractivity contribution >= 4 is 15.8 Å². The number of nitrogens with zero attached hydrogens (tertiary/aromatic N) is 1. The molecule has 1 spiro atoms. The molecule has 0 saturated carbocycles. The molecule has 2 aliphatic rings. The molecule has 0 N–H and O–H groups in total. The Hall–Kier alpha value is -2.38. The number of Topliss-reactive ketones (excluding diaryl/α,β-unsaturated/α-hetero) is 1. The number of carbonyl (C=O) groups is 1. The molecule has 0 aromatic heterocycles. The minimum atomic E-state index is -3.53. The first-order chi connectivity index (χ1) is 12.9. The van der Waals surface area contributed by atoms with Gasteiger partial charge in [-0.15, -0.1) is 0 Å². The van der Waals surface area contributed by atoms with Crippen LogP contribution in [0.5, 0.6) is 11.5 Å². The first-order valence-corrected chi connectivity index (χ1v) is 10.3. The highest BCUT2D eigenvalue weighted by molar-refractivity contribution is 7.89. The van der Waals surface area contributed by atoms with E-state index in [0.717, 1.165) is 0 Å². The van der Waals surface area contributed by atoms with Crippen LogP contribution in [-0.2, 0) is 10.0 Å². The van der Waals surface area contributed by atoms with Crippen molar-refractivity contribution in [3.63, 3.8) is 0 Å². The minimum absolute atomic E-state index is 0.0262. The zero-order chi connectivity index (χ0) is 19.1. The highest BCUT2D eigenvalue weighted by Gasteiger charge is 2.45. The third kappa shape index (κ3) is 3.21. The minimum Gasteiger partial charge on any atom is -0.497 e. The molecule has 6 nitrogen and oxygen atoms in total. The molecule has 1 saturated heterocycles. The molecule has 2 aromatic rings. The van der Waals surface area contributed by atoms with Crippen LogP contribution in [0.15, 0.2) is 53.4 Å². The van der Waals surface area contributed by atoms with Gasteiger partial charge in [0, 0.05) is 32.0 Å². The number of rotatable bonds is 3. The van der Waals surface area contributed by atoms with Gasteiger partial charge in [0.05, 0.1) is 24.0 Å². The number of ketones is 1. The standard InChI is InChI=1S/C20H21NO5S/c1-25-15-7-8-17-18(22)14-20(26-19(17)13-15)9-11-21(12-10-20)27(23,24)16-5-3-2-4-6-16/h2-8,13H,9-12,14H2,1H3. The number of benzene rings is 2. The normalized spacial score (nSPS) is 19.4. The first-order valence-electron chi connectivity index (χ1n) is 8.89. The summed E-state index contributed by atoms with van der Waals surface area (Å²) in [6, 6.07) is 13.6. The Balaban J connectivity index is 1.54. The summed E-state index contributed by atoms with van der Waals surface area (Å²) in [4.78, 5) is 12.9. The zero-order valence-corrected chi connectivity index (χ0v) is 15.9. The van der Waals surface area contributed by atoms with Gasteiger partial charge in [-0.05, 0) is 24.3 Å². The van der Waals surface area contributed by atoms with Gasteiger partial charge in [-0.25, -0.2) is 8.42 Å². The summed E-state index contributed by atoms with van der Waals surface area (Å²) in [5, 5.41) is 0. The van der Waals surface area contributed by atoms with E-state index in [0.29, 0.717) is 43.0 Å². The maximum Gasteiger partial charge on any atom is 0.243 e. The lowest BCUT2D eigenvalue weighted by Gasteiger charge is -2.43. The number of sulfonamides is 1. The predicted molar refractivity (Wildman–Crippen MR) is 99.7 cm³/mol. The van der Waals surface area contributed by atoms with Gasteiger partial charge >= 0.3 is 0 Å². The maximum atomic E-state index is 12.8. The molecule has 0 bridgehead atoms. The summed E-state index contributed by atoms with van der Waals surface area (Å²) < 4.78 is 38.5. The Morgan fingerprint density at radius 3 is 2.44 bits per heavy atom. The Morgan fingerprint density at radius 2 is 1.78 bits per heavy atom. The molecule has 0 amide bonds. The molecule has 1 fully saturated rings. The number of fused-ring (bicyclic) bond motifs is 1. The molecule has 4 rings (SSSR count). The van der Waals surface area contributed by atoms with Crippen LogP contribution in [0.3, 0.4) is 0 Å². The van der Waals surface area contributed by atoms with Crippen LogP contribution in [0.1, 0.15) is 29.6 Å². The van der Waals surface area contributed by atoms with Gasteiger partial charge in [0.2, 0.25) is 10.0 Å². The van der Waals surface area contributed by atoms with E-state index >= 15 is 0 Å². The van der Waals surface area contributed by atoms with E-state index < -0.39 is 15.6 Å². The summed E-state index contributed by atoms with van der Waals surface area (Å²) in [7, 11) is -1.96. The molecule has 0 radical (unpaired) electrons. The van der Waals surface area contributed by atoms with Crippen molar-refractivity contribution < 1.29 is 22.7 Å². The molecular weight excluding hydrogens is 366 g/mol. The van der Waals surface area contributed by atoms with Crippen molar-refractivity contribution in [1.29, 1.82) is 0 Å². The summed E-state index contributed by atoms with van der Waals surface area (Å²) in [6.45, 7) is 0.646. The summed E-state index contributed by atoms with van der Waals surface area (Å²) in [5.41, 5.74) is -0.0974. The van der Waals surface area contributed by atoms with Crippen LogP contribution in [0.2, 0.25) is 0 Å².